The second-order valence-electron chi connectivity index (χ2n) is 7.84. The molecule has 4 rings (SSSR count). The van der Waals surface area contributed by atoms with Crippen LogP contribution in [0.15, 0.2) is 54.6 Å². The normalized spacial score (nSPS) is 10.3. The summed E-state index contributed by atoms with van der Waals surface area (Å²) < 4.78 is 40.3. The first-order valence-electron chi connectivity index (χ1n) is 10.0. The average Bonchev–Trinajstić information content (AvgIpc) is 3.18. The van der Waals surface area contributed by atoms with Crippen LogP contribution in [0.1, 0.15) is 22.3 Å². The van der Waals surface area contributed by atoms with E-state index in [1.165, 1.54) is 22.3 Å². The van der Waals surface area contributed by atoms with E-state index in [4.69, 9.17) is 0 Å². The van der Waals surface area contributed by atoms with Gasteiger partial charge in [-0.3, -0.25) is 0 Å². The quantitative estimate of drug-likeness (QED) is 0.178. The Kier molecular flexibility index (Phi) is 9.27. The van der Waals surface area contributed by atoms with Gasteiger partial charge in [0, 0.05) is 17.7 Å². The Bertz CT molecular complexity index is 1150. The van der Waals surface area contributed by atoms with Crippen molar-refractivity contribution in [1.29, 1.82) is 0 Å². The number of aryl methyl sites for hydroxylation is 2. The summed E-state index contributed by atoms with van der Waals surface area (Å²) in [5.41, 5.74) is 6.22. The van der Waals surface area contributed by atoms with E-state index in [9.17, 15) is 13.2 Å². The molecule has 31 heavy (non-hydrogen) atoms. The summed E-state index contributed by atoms with van der Waals surface area (Å²) in [5, 5.41) is 1.65. The van der Waals surface area contributed by atoms with Crippen LogP contribution in [0.4, 0.5) is 13.2 Å². The maximum atomic E-state index is 13.7. The van der Waals surface area contributed by atoms with Crippen LogP contribution >= 0.6 is 0 Å². The zero-order valence-corrected chi connectivity index (χ0v) is 22.3. The van der Waals surface area contributed by atoms with Gasteiger partial charge in [-0.05, 0) is 0 Å². The molecule has 0 amide bonds. The van der Waals surface area contributed by atoms with Gasteiger partial charge < -0.3 is 0 Å². The Labute approximate surface area is 198 Å². The number of hydrogen-bond acceptors (Lipinski definition) is 0. The summed E-state index contributed by atoms with van der Waals surface area (Å²) in [5.74, 6) is -2.68. The summed E-state index contributed by atoms with van der Waals surface area (Å²) in [6.45, 7) is 13.3. The zero-order chi connectivity index (χ0) is 23.3. The maximum absolute atomic E-state index is 13.7. The van der Waals surface area contributed by atoms with E-state index in [2.05, 4.69) is 46.9 Å². The second-order valence-corrected chi connectivity index (χ2v) is 17.2. The molecule has 5 heteroatoms. The molecule has 4 aromatic carbocycles. The first kappa shape index (κ1) is 25.5. The molecule has 0 saturated heterocycles. The maximum Gasteiger partial charge on any atom is 0.129 e. The van der Waals surface area contributed by atoms with Crippen molar-refractivity contribution in [2.75, 3.05) is 0 Å². The third-order valence-corrected chi connectivity index (χ3v) is 5.14. The minimum absolute atomic E-state index is 0.183. The van der Waals surface area contributed by atoms with E-state index in [0.717, 1.165) is 10.8 Å². The zero-order valence-electron chi connectivity index (χ0n) is 18.8. The van der Waals surface area contributed by atoms with Crippen LogP contribution in [0.5, 0.6) is 0 Å². The van der Waals surface area contributed by atoms with Crippen LogP contribution in [-0.2, 0) is 23.3 Å². The fraction of sp³-hybridized carbons (Fsp3) is 0.231. The summed E-state index contributed by atoms with van der Waals surface area (Å²) >= 11 is 1.74. The molecule has 4 aromatic rings. The van der Waals surface area contributed by atoms with Crippen molar-refractivity contribution < 1.29 is 36.5 Å². The molecule has 160 valence electrons. The van der Waals surface area contributed by atoms with Crippen LogP contribution in [0, 0.1) is 45.1 Å². The Hall–Kier alpha value is -1.71. The molecule has 0 saturated carbocycles. The molecule has 0 bridgehead atoms. The van der Waals surface area contributed by atoms with E-state index in [0.29, 0.717) is 17.7 Å². The van der Waals surface area contributed by atoms with Crippen LogP contribution in [0.25, 0.3) is 21.9 Å². The molecule has 0 atom stereocenters. The van der Waals surface area contributed by atoms with Crippen molar-refractivity contribution in [2.45, 2.75) is 40.8 Å². The molecule has 0 heterocycles. The smallest absolute Gasteiger partial charge is 0.129 e. The van der Waals surface area contributed by atoms with Gasteiger partial charge in [0.25, 0.3) is 0 Å². The van der Waals surface area contributed by atoms with Gasteiger partial charge in [-0.15, -0.1) is 46.7 Å². The third-order valence-electron chi connectivity index (χ3n) is 5.14. The van der Waals surface area contributed by atoms with Crippen molar-refractivity contribution in [3.05, 3.63) is 94.3 Å². The minimum Gasteiger partial charge on any atom is -0.207 e. The van der Waals surface area contributed by atoms with E-state index in [-0.39, 0.29) is 11.0 Å². The Morgan fingerprint density at radius 1 is 0.839 bits per heavy atom. The van der Waals surface area contributed by atoms with Gasteiger partial charge in [-0.25, -0.2) is 13.2 Å². The summed E-state index contributed by atoms with van der Waals surface area (Å²) in [6.07, 6.45) is 0. The number of benzene rings is 2. The Morgan fingerprint density at radius 3 is 1.77 bits per heavy atom. The molecule has 0 N–H and O–H groups in total. The topological polar surface area (TPSA) is 0 Å². The average molecular weight is 516 g/mol. The first-order valence-corrected chi connectivity index (χ1v) is 16.2. The number of hydrogen-bond donors (Lipinski definition) is 0. The largest absolute Gasteiger partial charge is 0.207 e. The van der Waals surface area contributed by atoms with Crippen molar-refractivity contribution in [3.8, 4) is 11.1 Å². The van der Waals surface area contributed by atoms with E-state index < -0.39 is 17.5 Å². The molecular formula is C26H27F3SiZr. The molecule has 0 radical (unpaired) electrons. The fourth-order valence-electron chi connectivity index (χ4n) is 3.30. The van der Waals surface area contributed by atoms with E-state index in [1.54, 1.807) is 47.6 Å². The van der Waals surface area contributed by atoms with Crippen molar-refractivity contribution in [2.24, 2.45) is 0 Å². The van der Waals surface area contributed by atoms with E-state index >= 15 is 0 Å². The van der Waals surface area contributed by atoms with Gasteiger partial charge in [0.15, 0.2) is 0 Å². The van der Waals surface area contributed by atoms with Gasteiger partial charge in [0.2, 0.25) is 0 Å². The SMILES string of the molecule is C[Si](C)=[Zr+2].Cc1[cH-]c(C)c(C)c1C.Fc1cc(F)c(-c2c[cH-]c3ccccc23)c(F)c1. The van der Waals surface area contributed by atoms with E-state index in [1.807, 2.05) is 12.1 Å². The Balaban J connectivity index is 0.000000220. The minimum atomic E-state index is -0.912. The number of rotatable bonds is 1. The van der Waals surface area contributed by atoms with Gasteiger partial charge in [0.05, 0.1) is 0 Å². The molecule has 0 fully saturated rings. The predicted molar refractivity (Wildman–Crippen MR) is 123 cm³/mol. The predicted octanol–water partition coefficient (Wildman–Crippen LogP) is 8.07. The van der Waals surface area contributed by atoms with Gasteiger partial charge >= 0.3 is 41.9 Å². The summed E-state index contributed by atoms with van der Waals surface area (Å²) in [6, 6.07) is 14.3. The number of fused-ring (bicyclic) bond motifs is 1. The molecule has 0 nitrogen and oxygen atoms in total. The first-order chi connectivity index (χ1) is 14.5. The van der Waals surface area contributed by atoms with Crippen LogP contribution in [0.3, 0.4) is 0 Å². The molecule has 0 aliphatic rings. The molecule has 0 aromatic heterocycles. The molecule has 0 spiro atoms. The second kappa shape index (κ2) is 11.2. The molecular weight excluding hydrogens is 489 g/mol. The standard InChI is InChI=1S/C15H8F3.C9H13.C2H6Si.Zr/c16-10-7-13(17)15(14(18)8-10)12-6-5-9-3-1-2-4-11(9)12;1-6-5-7(2)9(4)8(6)3;1-3-2;/h1-8H;5H,1-4H3;1-2H3;/q2*-1;;+2. The van der Waals surface area contributed by atoms with Crippen LogP contribution in [-0.4, -0.2) is 5.43 Å². The van der Waals surface area contributed by atoms with Crippen molar-refractivity contribution >= 4 is 16.2 Å². The fourth-order valence-corrected chi connectivity index (χ4v) is 3.30. The van der Waals surface area contributed by atoms with Crippen LogP contribution in [0.2, 0.25) is 13.1 Å². The van der Waals surface area contributed by atoms with Crippen molar-refractivity contribution in [1.82, 2.24) is 0 Å². The number of halogens is 3. The third kappa shape index (κ3) is 6.63. The van der Waals surface area contributed by atoms with Crippen molar-refractivity contribution in [3.63, 3.8) is 0 Å². The van der Waals surface area contributed by atoms with Gasteiger partial charge in [-0.1, -0.05) is 33.8 Å². The van der Waals surface area contributed by atoms with Gasteiger partial charge in [0.1, 0.15) is 17.5 Å². The Morgan fingerprint density at radius 2 is 1.32 bits per heavy atom. The molecule has 0 aliphatic heterocycles. The summed E-state index contributed by atoms with van der Waals surface area (Å²) in [7, 11) is 0. The summed E-state index contributed by atoms with van der Waals surface area (Å²) in [4.78, 5) is 0. The van der Waals surface area contributed by atoms with Crippen LogP contribution < -0.4 is 0 Å². The molecule has 0 unspecified atom stereocenters. The molecule has 0 aliphatic carbocycles. The van der Waals surface area contributed by atoms with Gasteiger partial charge in [-0.2, -0.15) is 28.3 Å². The monoisotopic (exact) mass is 514 g/mol.